The van der Waals surface area contributed by atoms with E-state index in [4.69, 9.17) is 0 Å². The van der Waals surface area contributed by atoms with Crippen molar-refractivity contribution in [1.82, 2.24) is 0 Å². The van der Waals surface area contributed by atoms with E-state index >= 15 is 0 Å². The molecule has 2 heteroatoms. The number of carboxylic acids is 1. The summed E-state index contributed by atoms with van der Waals surface area (Å²) in [6, 6.07) is 0. The first-order valence-corrected chi connectivity index (χ1v) is 7.46. The summed E-state index contributed by atoms with van der Waals surface area (Å²) < 4.78 is 0. The fourth-order valence-electron chi connectivity index (χ4n) is 4.36. The summed E-state index contributed by atoms with van der Waals surface area (Å²) in [6.45, 7) is 13.1. The van der Waals surface area contributed by atoms with Gasteiger partial charge >= 0.3 is 5.97 Å². The molecule has 2 rings (SSSR count). The fraction of sp³-hybridized carbons (Fsp3) is 0.824. The van der Waals surface area contributed by atoms with Gasteiger partial charge < -0.3 is 5.11 Å². The summed E-state index contributed by atoms with van der Waals surface area (Å²) in [5.74, 6) is 0.428. The number of aliphatic carboxylic acids is 1. The zero-order valence-electron chi connectivity index (χ0n) is 13.2. The van der Waals surface area contributed by atoms with Gasteiger partial charge in [0, 0.05) is 5.57 Å². The number of carbonyl (C=O) groups is 1. The highest BCUT2D eigenvalue weighted by molar-refractivity contribution is 5.88. The molecule has 0 aromatic carbocycles. The standard InChI is InChI=1S/C17H28O2/c1-15(2,3)13(14(18)19)10-12-9-11-7-8-17(12,6)16(11,4)5/h10-12H,7-9H2,1-6H3,(H,18,19). The number of hydrogen-bond donors (Lipinski definition) is 1. The number of allylic oxidation sites excluding steroid dienone is 1. The van der Waals surface area contributed by atoms with Gasteiger partial charge in [0.2, 0.25) is 0 Å². The van der Waals surface area contributed by atoms with Gasteiger partial charge in [-0.05, 0) is 47.3 Å². The number of hydrogen-bond acceptors (Lipinski definition) is 1. The topological polar surface area (TPSA) is 37.3 Å². The molecule has 19 heavy (non-hydrogen) atoms. The quantitative estimate of drug-likeness (QED) is 0.745. The highest BCUT2D eigenvalue weighted by Gasteiger charge is 2.60. The Balaban J connectivity index is 2.37. The maximum absolute atomic E-state index is 11.5. The Morgan fingerprint density at radius 2 is 1.84 bits per heavy atom. The molecule has 0 aromatic heterocycles. The molecule has 0 spiro atoms. The Morgan fingerprint density at radius 3 is 2.16 bits per heavy atom. The van der Waals surface area contributed by atoms with Gasteiger partial charge in [-0.3, -0.25) is 0 Å². The van der Waals surface area contributed by atoms with Gasteiger partial charge in [0.25, 0.3) is 0 Å². The van der Waals surface area contributed by atoms with Crippen LogP contribution in [-0.2, 0) is 4.79 Å². The molecule has 2 bridgehead atoms. The van der Waals surface area contributed by atoms with Gasteiger partial charge in [0.1, 0.15) is 0 Å². The van der Waals surface area contributed by atoms with Crippen molar-refractivity contribution < 1.29 is 9.90 Å². The summed E-state index contributed by atoms with van der Waals surface area (Å²) >= 11 is 0. The van der Waals surface area contributed by atoms with Gasteiger partial charge in [-0.1, -0.05) is 47.6 Å². The average Bonchev–Trinajstić information content (AvgIpc) is 2.55. The van der Waals surface area contributed by atoms with Gasteiger partial charge in [0.05, 0.1) is 0 Å². The molecule has 0 aromatic rings. The van der Waals surface area contributed by atoms with Crippen LogP contribution in [0.1, 0.15) is 60.8 Å². The maximum atomic E-state index is 11.5. The lowest BCUT2D eigenvalue weighted by Gasteiger charge is -2.39. The molecular weight excluding hydrogens is 236 g/mol. The van der Waals surface area contributed by atoms with E-state index in [9.17, 15) is 9.90 Å². The minimum Gasteiger partial charge on any atom is -0.478 e. The zero-order chi connectivity index (χ0) is 14.6. The molecule has 0 radical (unpaired) electrons. The van der Waals surface area contributed by atoms with Crippen molar-refractivity contribution in [1.29, 1.82) is 0 Å². The van der Waals surface area contributed by atoms with Crippen LogP contribution in [0, 0.1) is 28.1 Å². The van der Waals surface area contributed by atoms with E-state index in [0.29, 0.717) is 16.9 Å². The van der Waals surface area contributed by atoms with Crippen LogP contribution in [0.5, 0.6) is 0 Å². The van der Waals surface area contributed by atoms with Crippen LogP contribution in [0.2, 0.25) is 0 Å². The van der Waals surface area contributed by atoms with Crippen molar-refractivity contribution >= 4 is 5.97 Å². The van der Waals surface area contributed by atoms with Gasteiger partial charge in [-0.25, -0.2) is 4.79 Å². The first kappa shape index (κ1) is 14.6. The Bertz CT molecular complexity index is 425. The van der Waals surface area contributed by atoms with Gasteiger partial charge in [0.15, 0.2) is 0 Å². The number of fused-ring (bicyclic) bond motifs is 2. The third-order valence-corrected chi connectivity index (χ3v) is 6.27. The Morgan fingerprint density at radius 1 is 1.26 bits per heavy atom. The van der Waals surface area contributed by atoms with Crippen molar-refractivity contribution in [2.45, 2.75) is 60.8 Å². The predicted molar refractivity (Wildman–Crippen MR) is 77.9 cm³/mol. The minimum atomic E-state index is -0.753. The summed E-state index contributed by atoms with van der Waals surface area (Å²) in [4.78, 5) is 11.5. The largest absolute Gasteiger partial charge is 0.478 e. The summed E-state index contributed by atoms with van der Waals surface area (Å²) in [5, 5.41) is 9.49. The van der Waals surface area contributed by atoms with Crippen molar-refractivity contribution in [3.8, 4) is 0 Å². The lowest BCUT2D eigenvalue weighted by atomic mass is 9.66. The lowest BCUT2D eigenvalue weighted by molar-refractivity contribution is -0.133. The van der Waals surface area contributed by atoms with Crippen LogP contribution < -0.4 is 0 Å². The lowest BCUT2D eigenvalue weighted by Crippen LogP contribution is -2.32. The average molecular weight is 264 g/mol. The molecule has 2 fully saturated rings. The Kier molecular flexibility index (Phi) is 3.15. The molecule has 1 N–H and O–H groups in total. The van der Waals surface area contributed by atoms with Crippen LogP contribution in [0.3, 0.4) is 0 Å². The van der Waals surface area contributed by atoms with Crippen molar-refractivity contribution in [3.63, 3.8) is 0 Å². The van der Waals surface area contributed by atoms with E-state index in [1.54, 1.807) is 0 Å². The molecule has 2 aliphatic carbocycles. The molecule has 3 atom stereocenters. The summed E-state index contributed by atoms with van der Waals surface area (Å²) in [6.07, 6.45) is 5.80. The van der Waals surface area contributed by atoms with E-state index < -0.39 is 5.97 Å². The second kappa shape index (κ2) is 4.10. The first-order valence-electron chi connectivity index (χ1n) is 7.46. The smallest absolute Gasteiger partial charge is 0.331 e. The van der Waals surface area contributed by atoms with Gasteiger partial charge in [-0.2, -0.15) is 0 Å². The van der Waals surface area contributed by atoms with E-state index in [2.05, 4.69) is 26.8 Å². The van der Waals surface area contributed by atoms with Crippen molar-refractivity contribution in [2.75, 3.05) is 0 Å². The molecule has 0 saturated heterocycles. The van der Waals surface area contributed by atoms with Crippen LogP contribution in [0.4, 0.5) is 0 Å². The zero-order valence-corrected chi connectivity index (χ0v) is 13.2. The van der Waals surface area contributed by atoms with Crippen LogP contribution in [0.25, 0.3) is 0 Å². The van der Waals surface area contributed by atoms with Crippen molar-refractivity contribution in [3.05, 3.63) is 11.6 Å². The van der Waals surface area contributed by atoms with Crippen molar-refractivity contribution in [2.24, 2.45) is 28.1 Å². The molecule has 0 amide bonds. The van der Waals surface area contributed by atoms with E-state index in [1.165, 1.54) is 12.8 Å². The molecule has 108 valence electrons. The van der Waals surface area contributed by atoms with E-state index in [-0.39, 0.29) is 10.8 Å². The van der Waals surface area contributed by atoms with Crippen LogP contribution in [-0.4, -0.2) is 11.1 Å². The van der Waals surface area contributed by atoms with E-state index in [1.807, 2.05) is 20.8 Å². The molecule has 3 unspecified atom stereocenters. The fourth-order valence-corrected chi connectivity index (χ4v) is 4.36. The molecule has 2 aliphatic rings. The first-order chi connectivity index (χ1) is 8.50. The summed E-state index contributed by atoms with van der Waals surface area (Å²) in [7, 11) is 0. The minimum absolute atomic E-state index is 0.267. The second-order valence-corrected chi connectivity index (χ2v) is 8.35. The number of rotatable bonds is 2. The Labute approximate surface area is 117 Å². The second-order valence-electron chi connectivity index (χ2n) is 8.35. The van der Waals surface area contributed by atoms with Crippen LogP contribution in [0.15, 0.2) is 11.6 Å². The van der Waals surface area contributed by atoms with Gasteiger partial charge in [-0.15, -0.1) is 0 Å². The molecule has 2 saturated carbocycles. The predicted octanol–water partition coefficient (Wildman–Crippen LogP) is 4.51. The normalized spacial score (nSPS) is 37.7. The molecule has 0 aliphatic heterocycles. The number of carboxylic acid groups (broad SMARTS) is 1. The van der Waals surface area contributed by atoms with Crippen LogP contribution >= 0.6 is 0 Å². The molecule has 2 nitrogen and oxygen atoms in total. The molecular formula is C17H28O2. The monoisotopic (exact) mass is 264 g/mol. The highest BCUT2D eigenvalue weighted by atomic mass is 16.4. The summed E-state index contributed by atoms with van der Waals surface area (Å²) in [5.41, 5.74) is 0.912. The maximum Gasteiger partial charge on any atom is 0.331 e. The Hall–Kier alpha value is -0.790. The molecule has 0 heterocycles. The SMILES string of the molecule is CC(C)(C)C(=CC1CC2CCC1(C)C2(C)C)C(=O)O. The van der Waals surface area contributed by atoms with E-state index in [0.717, 1.165) is 12.3 Å². The third kappa shape index (κ3) is 2.04. The highest BCUT2D eigenvalue weighted by Crippen LogP contribution is 2.68. The third-order valence-electron chi connectivity index (χ3n) is 6.27.